The van der Waals surface area contributed by atoms with Gasteiger partial charge in [0, 0.05) is 22.4 Å². The number of rotatable bonds is 5. The molecule has 0 radical (unpaired) electrons. The van der Waals surface area contributed by atoms with Crippen LogP contribution in [0.25, 0.3) is 0 Å². The predicted molar refractivity (Wildman–Crippen MR) is 96.1 cm³/mol. The summed E-state index contributed by atoms with van der Waals surface area (Å²) in [6.07, 6.45) is 1.66. The summed E-state index contributed by atoms with van der Waals surface area (Å²) in [6.45, 7) is 5.50. The van der Waals surface area contributed by atoms with Gasteiger partial charge in [-0.25, -0.2) is 0 Å². The summed E-state index contributed by atoms with van der Waals surface area (Å²) in [5.74, 6) is 0.187. The molecule has 1 saturated heterocycles. The van der Waals surface area contributed by atoms with Crippen LogP contribution in [0.15, 0.2) is 47.5 Å². The molecule has 0 unspecified atom stereocenters. The number of phenolic OH excluding ortho intramolecular Hbond substituents is 1. The average molecular weight is 346 g/mol. The zero-order valence-electron chi connectivity index (χ0n) is 13.5. The van der Waals surface area contributed by atoms with E-state index in [0.717, 1.165) is 38.4 Å². The van der Waals surface area contributed by atoms with Gasteiger partial charge >= 0.3 is 0 Å². The van der Waals surface area contributed by atoms with Crippen molar-refractivity contribution in [3.8, 4) is 5.75 Å². The summed E-state index contributed by atoms with van der Waals surface area (Å²) in [6, 6.07) is 13.5. The number of aliphatic imine (C=N–C) groups is 1. The molecule has 4 nitrogen and oxygen atoms in total. The molecule has 2 aromatic rings. The zero-order valence-corrected chi connectivity index (χ0v) is 14.3. The summed E-state index contributed by atoms with van der Waals surface area (Å²) >= 11 is 5.93. The third-order valence-electron chi connectivity index (χ3n) is 4.17. The van der Waals surface area contributed by atoms with Crippen LogP contribution >= 0.6 is 11.6 Å². The van der Waals surface area contributed by atoms with E-state index in [1.54, 1.807) is 29.3 Å². The number of hydrogen-bond acceptors (Lipinski definition) is 3. The molecule has 1 aliphatic rings. The minimum Gasteiger partial charge on any atom is -0.507 e. The standard InChI is InChI=1S/C19H21ClN2O2/c20-18-5-6-19(23)17(11-18)13-21-12-15-1-3-16(4-2-15)14-22-7-9-24-10-8-22/h1-6,11,13,23H,7-10,12,14H2/p+1. The second-order valence-electron chi connectivity index (χ2n) is 6.03. The highest BCUT2D eigenvalue weighted by Gasteiger charge is 2.13. The quantitative estimate of drug-likeness (QED) is 0.815. The maximum atomic E-state index is 9.76. The summed E-state index contributed by atoms with van der Waals surface area (Å²) in [4.78, 5) is 5.97. The van der Waals surface area contributed by atoms with Gasteiger partial charge in [0.2, 0.25) is 0 Å². The first-order valence-electron chi connectivity index (χ1n) is 8.18. The molecule has 0 atom stereocenters. The van der Waals surface area contributed by atoms with Gasteiger partial charge in [0.15, 0.2) is 0 Å². The fourth-order valence-electron chi connectivity index (χ4n) is 2.77. The number of nitrogens with one attached hydrogen (secondary N) is 1. The molecule has 126 valence electrons. The van der Waals surface area contributed by atoms with Crippen LogP contribution in [0.5, 0.6) is 5.75 Å². The van der Waals surface area contributed by atoms with E-state index in [1.165, 1.54) is 5.56 Å². The van der Waals surface area contributed by atoms with Gasteiger partial charge < -0.3 is 14.7 Å². The lowest BCUT2D eigenvalue weighted by molar-refractivity contribution is -0.921. The van der Waals surface area contributed by atoms with Gasteiger partial charge in [0.25, 0.3) is 0 Å². The van der Waals surface area contributed by atoms with Crippen molar-refractivity contribution >= 4 is 17.8 Å². The van der Waals surface area contributed by atoms with Gasteiger partial charge in [-0.15, -0.1) is 0 Å². The third kappa shape index (κ3) is 4.81. The van der Waals surface area contributed by atoms with E-state index in [1.807, 2.05) is 0 Å². The molecule has 1 heterocycles. The number of quaternary nitrogens is 1. The maximum absolute atomic E-state index is 9.76. The Balaban J connectivity index is 1.55. The monoisotopic (exact) mass is 345 g/mol. The van der Waals surface area contributed by atoms with Crippen molar-refractivity contribution < 1.29 is 14.7 Å². The molecule has 1 fully saturated rings. The van der Waals surface area contributed by atoms with E-state index < -0.39 is 0 Å². The Kier molecular flexibility index (Phi) is 5.86. The molecule has 0 aromatic heterocycles. The number of aromatic hydroxyl groups is 1. The average Bonchev–Trinajstić information content (AvgIpc) is 2.60. The first-order chi connectivity index (χ1) is 11.7. The number of ether oxygens (including phenoxy) is 1. The first-order valence-corrected chi connectivity index (χ1v) is 8.56. The van der Waals surface area contributed by atoms with Gasteiger partial charge in [-0.1, -0.05) is 35.9 Å². The smallest absolute Gasteiger partial charge is 0.124 e. The fourth-order valence-corrected chi connectivity index (χ4v) is 2.95. The molecule has 0 amide bonds. The van der Waals surface area contributed by atoms with Crippen molar-refractivity contribution in [1.82, 2.24) is 0 Å². The molecule has 2 aromatic carbocycles. The van der Waals surface area contributed by atoms with Crippen LogP contribution in [0.2, 0.25) is 5.02 Å². The number of halogens is 1. The highest BCUT2D eigenvalue weighted by atomic mass is 35.5. The Labute approximate surface area is 147 Å². The lowest BCUT2D eigenvalue weighted by Gasteiger charge is -2.23. The minimum absolute atomic E-state index is 0.187. The number of morpholine rings is 1. The van der Waals surface area contributed by atoms with Crippen LogP contribution < -0.4 is 4.90 Å². The molecule has 0 saturated carbocycles. The molecule has 2 N–H and O–H groups in total. The molecule has 3 rings (SSSR count). The van der Waals surface area contributed by atoms with Gasteiger partial charge in [0.05, 0.1) is 19.8 Å². The summed E-state index contributed by atoms with van der Waals surface area (Å²) in [5, 5.41) is 10.4. The van der Waals surface area contributed by atoms with Crippen molar-refractivity contribution in [2.75, 3.05) is 26.3 Å². The zero-order chi connectivity index (χ0) is 16.8. The maximum Gasteiger partial charge on any atom is 0.124 e. The van der Waals surface area contributed by atoms with E-state index >= 15 is 0 Å². The Morgan fingerprint density at radius 1 is 1.08 bits per heavy atom. The molecule has 24 heavy (non-hydrogen) atoms. The summed E-state index contributed by atoms with van der Waals surface area (Å²) < 4.78 is 5.39. The molecule has 0 bridgehead atoms. The lowest BCUT2D eigenvalue weighted by Crippen LogP contribution is -3.12. The number of nitrogens with zero attached hydrogens (tertiary/aromatic N) is 1. The topological polar surface area (TPSA) is 46.3 Å². The first kappa shape index (κ1) is 17.0. The number of hydrogen-bond donors (Lipinski definition) is 2. The third-order valence-corrected chi connectivity index (χ3v) is 4.41. The Morgan fingerprint density at radius 3 is 2.54 bits per heavy atom. The molecule has 5 heteroatoms. The highest BCUT2D eigenvalue weighted by molar-refractivity contribution is 6.30. The molecular formula is C19H22ClN2O2+. The van der Waals surface area contributed by atoms with E-state index in [2.05, 4.69) is 29.3 Å². The van der Waals surface area contributed by atoms with E-state index in [4.69, 9.17) is 16.3 Å². The lowest BCUT2D eigenvalue weighted by atomic mass is 10.1. The van der Waals surface area contributed by atoms with Crippen molar-refractivity contribution in [3.05, 3.63) is 64.2 Å². The van der Waals surface area contributed by atoms with Gasteiger partial charge in [-0.05, 0) is 23.8 Å². The largest absolute Gasteiger partial charge is 0.507 e. The van der Waals surface area contributed by atoms with Gasteiger partial charge in [-0.2, -0.15) is 0 Å². The molecular weight excluding hydrogens is 324 g/mol. The van der Waals surface area contributed by atoms with Crippen LogP contribution in [0.3, 0.4) is 0 Å². The molecule has 1 aliphatic heterocycles. The van der Waals surface area contributed by atoms with Crippen LogP contribution in [0.1, 0.15) is 16.7 Å². The Morgan fingerprint density at radius 2 is 1.79 bits per heavy atom. The molecule has 0 aliphatic carbocycles. The van der Waals surface area contributed by atoms with Crippen molar-refractivity contribution in [3.63, 3.8) is 0 Å². The second-order valence-corrected chi connectivity index (χ2v) is 6.47. The van der Waals surface area contributed by atoms with Gasteiger partial charge in [-0.3, -0.25) is 4.99 Å². The minimum atomic E-state index is 0.187. The van der Waals surface area contributed by atoms with E-state index in [-0.39, 0.29) is 5.75 Å². The fraction of sp³-hybridized carbons (Fsp3) is 0.316. The van der Waals surface area contributed by atoms with Crippen LogP contribution in [0.4, 0.5) is 0 Å². The normalized spacial score (nSPS) is 15.9. The summed E-state index contributed by atoms with van der Waals surface area (Å²) in [5.41, 5.74) is 3.12. The Hall–Kier alpha value is -1.88. The second kappa shape index (κ2) is 8.29. The van der Waals surface area contributed by atoms with E-state index in [0.29, 0.717) is 17.1 Å². The summed E-state index contributed by atoms with van der Waals surface area (Å²) in [7, 11) is 0. The SMILES string of the molecule is Oc1ccc(Cl)cc1C=NCc1ccc(C[NH+]2CCOCC2)cc1. The van der Waals surface area contributed by atoms with Crippen LogP contribution in [0, 0.1) is 0 Å². The van der Waals surface area contributed by atoms with Crippen molar-refractivity contribution in [2.45, 2.75) is 13.1 Å². The van der Waals surface area contributed by atoms with Crippen molar-refractivity contribution in [1.29, 1.82) is 0 Å². The van der Waals surface area contributed by atoms with Crippen LogP contribution in [-0.2, 0) is 17.8 Å². The van der Waals surface area contributed by atoms with E-state index in [9.17, 15) is 5.11 Å². The number of phenols is 1. The Bertz CT molecular complexity index is 695. The predicted octanol–water partition coefficient (Wildman–Crippen LogP) is 2.08. The number of benzene rings is 2. The van der Waals surface area contributed by atoms with Crippen molar-refractivity contribution in [2.24, 2.45) is 4.99 Å². The molecule has 0 spiro atoms. The highest BCUT2D eigenvalue weighted by Crippen LogP contribution is 2.19. The van der Waals surface area contributed by atoms with Crippen LogP contribution in [-0.4, -0.2) is 37.6 Å². The van der Waals surface area contributed by atoms with Gasteiger partial charge in [0.1, 0.15) is 25.4 Å².